The Morgan fingerprint density at radius 2 is 1.81 bits per heavy atom. The Labute approximate surface area is 94.9 Å². The van der Waals surface area contributed by atoms with Crippen molar-refractivity contribution in [2.24, 2.45) is 0 Å². The monoisotopic (exact) mass is 242 g/mol. The average molecular weight is 242 g/mol. The van der Waals surface area contributed by atoms with Crippen molar-refractivity contribution in [3.63, 3.8) is 0 Å². The third-order valence-corrected chi connectivity index (χ3v) is 4.48. The lowest BCUT2D eigenvalue weighted by molar-refractivity contribution is 0.0730. The Kier molecular flexibility index (Phi) is 3.13. The number of nitrogen functional groups attached to an aromatic ring is 1. The molecule has 5 nitrogen and oxygen atoms in total. The van der Waals surface area contributed by atoms with Crippen LogP contribution in [0.3, 0.4) is 0 Å². The second kappa shape index (κ2) is 4.40. The molecule has 1 fully saturated rings. The van der Waals surface area contributed by atoms with Gasteiger partial charge < -0.3 is 10.5 Å². The Morgan fingerprint density at radius 3 is 2.44 bits per heavy atom. The van der Waals surface area contributed by atoms with Gasteiger partial charge in [-0.25, -0.2) is 8.42 Å². The number of benzene rings is 1. The first-order valence-electron chi connectivity index (χ1n) is 5.05. The van der Waals surface area contributed by atoms with E-state index in [0.29, 0.717) is 26.3 Å². The molecule has 1 aliphatic rings. The summed E-state index contributed by atoms with van der Waals surface area (Å²) in [6.07, 6.45) is 0. The zero-order chi connectivity index (χ0) is 11.6. The summed E-state index contributed by atoms with van der Waals surface area (Å²) in [5.41, 5.74) is 5.96. The van der Waals surface area contributed by atoms with Crippen LogP contribution in [0.4, 0.5) is 5.69 Å². The molecule has 0 aromatic heterocycles. The quantitative estimate of drug-likeness (QED) is 0.757. The van der Waals surface area contributed by atoms with Gasteiger partial charge in [0.1, 0.15) is 4.90 Å². The van der Waals surface area contributed by atoms with Crippen molar-refractivity contribution in [1.82, 2.24) is 4.31 Å². The maximum atomic E-state index is 12.2. The third kappa shape index (κ3) is 2.04. The molecule has 0 bridgehead atoms. The first-order chi connectivity index (χ1) is 7.62. The Hall–Kier alpha value is -1.11. The van der Waals surface area contributed by atoms with Gasteiger partial charge in [-0.1, -0.05) is 12.1 Å². The summed E-state index contributed by atoms with van der Waals surface area (Å²) in [7, 11) is -3.46. The minimum absolute atomic E-state index is 0.178. The summed E-state index contributed by atoms with van der Waals surface area (Å²) < 4.78 is 30.9. The van der Waals surface area contributed by atoms with Gasteiger partial charge in [-0.05, 0) is 12.1 Å². The second-order valence-electron chi connectivity index (χ2n) is 3.55. The van der Waals surface area contributed by atoms with Crippen LogP contribution < -0.4 is 5.73 Å². The lowest BCUT2D eigenvalue weighted by atomic mass is 10.3. The number of nitrogens with two attached hydrogens (primary N) is 1. The summed E-state index contributed by atoms with van der Waals surface area (Å²) >= 11 is 0. The molecular formula is C10H14N2O3S. The largest absolute Gasteiger partial charge is 0.398 e. The fraction of sp³-hybridized carbons (Fsp3) is 0.400. The molecule has 0 unspecified atom stereocenters. The molecule has 1 aliphatic heterocycles. The molecule has 2 rings (SSSR count). The molecule has 1 aromatic carbocycles. The lowest BCUT2D eigenvalue weighted by Gasteiger charge is -2.26. The number of hydrogen-bond donors (Lipinski definition) is 1. The van der Waals surface area contributed by atoms with E-state index in [9.17, 15) is 8.42 Å². The Bertz CT molecular complexity index is 467. The number of hydrogen-bond acceptors (Lipinski definition) is 4. The Morgan fingerprint density at radius 1 is 1.19 bits per heavy atom. The molecule has 1 aromatic rings. The van der Waals surface area contributed by atoms with Crippen LogP contribution in [0.25, 0.3) is 0 Å². The van der Waals surface area contributed by atoms with Gasteiger partial charge in [-0.3, -0.25) is 0 Å². The molecule has 0 spiro atoms. The van der Waals surface area contributed by atoms with Crippen LogP contribution in [-0.2, 0) is 14.8 Å². The van der Waals surface area contributed by atoms with Crippen LogP contribution in [0.15, 0.2) is 29.2 Å². The van der Waals surface area contributed by atoms with Crippen LogP contribution in [0.2, 0.25) is 0 Å². The second-order valence-corrected chi connectivity index (χ2v) is 5.46. The topological polar surface area (TPSA) is 72.6 Å². The fourth-order valence-electron chi connectivity index (χ4n) is 1.64. The summed E-state index contributed by atoms with van der Waals surface area (Å²) in [4.78, 5) is 0.178. The molecule has 0 saturated carbocycles. The zero-order valence-corrected chi connectivity index (χ0v) is 9.61. The van der Waals surface area contributed by atoms with Gasteiger partial charge in [0, 0.05) is 13.1 Å². The molecule has 0 amide bonds. The molecule has 6 heteroatoms. The summed E-state index contributed by atoms with van der Waals surface area (Å²) in [5.74, 6) is 0. The van der Waals surface area contributed by atoms with E-state index in [1.54, 1.807) is 18.2 Å². The SMILES string of the molecule is Nc1ccccc1S(=O)(=O)N1CCOCC1. The highest BCUT2D eigenvalue weighted by Crippen LogP contribution is 2.22. The van der Waals surface area contributed by atoms with Crippen molar-refractivity contribution < 1.29 is 13.2 Å². The van der Waals surface area contributed by atoms with Crippen LogP contribution >= 0.6 is 0 Å². The van der Waals surface area contributed by atoms with Crippen molar-refractivity contribution in [3.05, 3.63) is 24.3 Å². The molecule has 2 N–H and O–H groups in total. The molecule has 88 valence electrons. The van der Waals surface area contributed by atoms with Crippen LogP contribution in [0.5, 0.6) is 0 Å². The number of ether oxygens (including phenoxy) is 1. The highest BCUT2D eigenvalue weighted by molar-refractivity contribution is 7.89. The van der Waals surface area contributed by atoms with E-state index in [4.69, 9.17) is 10.5 Å². The van der Waals surface area contributed by atoms with Crippen LogP contribution in [0.1, 0.15) is 0 Å². The minimum Gasteiger partial charge on any atom is -0.398 e. The number of para-hydroxylation sites is 1. The van der Waals surface area contributed by atoms with Gasteiger partial charge in [0.15, 0.2) is 0 Å². The van der Waals surface area contributed by atoms with Gasteiger partial charge in [-0.2, -0.15) is 4.31 Å². The standard InChI is InChI=1S/C10H14N2O3S/c11-9-3-1-2-4-10(9)16(13,14)12-5-7-15-8-6-12/h1-4H,5-8,11H2. The van der Waals surface area contributed by atoms with Crippen LogP contribution in [0, 0.1) is 0 Å². The van der Waals surface area contributed by atoms with Gasteiger partial charge in [0.2, 0.25) is 10.0 Å². The molecule has 0 radical (unpaired) electrons. The number of sulfonamides is 1. The zero-order valence-electron chi connectivity index (χ0n) is 8.80. The van der Waals surface area contributed by atoms with E-state index < -0.39 is 10.0 Å². The van der Waals surface area contributed by atoms with Gasteiger partial charge in [-0.15, -0.1) is 0 Å². The van der Waals surface area contributed by atoms with E-state index in [1.165, 1.54) is 10.4 Å². The number of rotatable bonds is 2. The van der Waals surface area contributed by atoms with Crippen molar-refractivity contribution in [1.29, 1.82) is 0 Å². The fourth-order valence-corrected chi connectivity index (χ4v) is 3.17. The van der Waals surface area contributed by atoms with Crippen molar-refractivity contribution >= 4 is 15.7 Å². The first-order valence-corrected chi connectivity index (χ1v) is 6.49. The highest BCUT2D eigenvalue weighted by Gasteiger charge is 2.27. The highest BCUT2D eigenvalue weighted by atomic mass is 32.2. The number of anilines is 1. The molecule has 0 atom stereocenters. The normalized spacial score (nSPS) is 18.5. The predicted octanol–water partition coefficient (Wildman–Crippen LogP) is 0.290. The maximum Gasteiger partial charge on any atom is 0.245 e. The van der Waals surface area contributed by atoms with E-state index in [1.807, 2.05) is 0 Å². The molecular weight excluding hydrogens is 228 g/mol. The summed E-state index contributed by atoms with van der Waals surface area (Å²) in [6.45, 7) is 1.64. The average Bonchev–Trinajstić information content (AvgIpc) is 2.30. The summed E-state index contributed by atoms with van der Waals surface area (Å²) in [6, 6.07) is 6.50. The third-order valence-electron chi connectivity index (χ3n) is 2.51. The van der Waals surface area contributed by atoms with Crippen molar-refractivity contribution in [2.45, 2.75) is 4.90 Å². The van der Waals surface area contributed by atoms with Crippen molar-refractivity contribution in [2.75, 3.05) is 32.0 Å². The Balaban J connectivity index is 2.35. The number of nitrogens with zero attached hydrogens (tertiary/aromatic N) is 1. The van der Waals surface area contributed by atoms with Gasteiger partial charge in [0.25, 0.3) is 0 Å². The smallest absolute Gasteiger partial charge is 0.245 e. The van der Waals surface area contributed by atoms with Crippen LogP contribution in [-0.4, -0.2) is 39.0 Å². The first kappa shape index (κ1) is 11.4. The van der Waals surface area contributed by atoms with Gasteiger partial charge in [0.05, 0.1) is 18.9 Å². The van der Waals surface area contributed by atoms with Crippen molar-refractivity contribution in [3.8, 4) is 0 Å². The molecule has 1 saturated heterocycles. The van der Waals surface area contributed by atoms with E-state index in [0.717, 1.165) is 0 Å². The van der Waals surface area contributed by atoms with E-state index in [2.05, 4.69) is 0 Å². The lowest BCUT2D eigenvalue weighted by Crippen LogP contribution is -2.40. The molecule has 1 heterocycles. The molecule has 0 aliphatic carbocycles. The van der Waals surface area contributed by atoms with Gasteiger partial charge >= 0.3 is 0 Å². The number of morpholine rings is 1. The van der Waals surface area contributed by atoms with E-state index >= 15 is 0 Å². The maximum absolute atomic E-state index is 12.2. The minimum atomic E-state index is -3.46. The predicted molar refractivity (Wildman–Crippen MR) is 60.4 cm³/mol. The van der Waals surface area contributed by atoms with E-state index in [-0.39, 0.29) is 10.6 Å². The summed E-state index contributed by atoms with van der Waals surface area (Å²) in [5, 5.41) is 0. The molecule has 16 heavy (non-hydrogen) atoms.